The van der Waals surface area contributed by atoms with Crippen molar-refractivity contribution in [2.45, 2.75) is 13.8 Å². The molecule has 0 amide bonds. The second-order valence-electron chi connectivity index (χ2n) is 4.01. The van der Waals surface area contributed by atoms with Gasteiger partial charge in [0.05, 0.1) is 11.4 Å². The molecular weight excluding hydrogens is 210 g/mol. The lowest BCUT2D eigenvalue weighted by Gasteiger charge is -2.13. The molecule has 3 heteroatoms. The maximum atomic E-state index is 7.97. The minimum absolute atomic E-state index is 0.480. The summed E-state index contributed by atoms with van der Waals surface area (Å²) in [5.74, 6) is 0. The first-order chi connectivity index (χ1) is 8.18. The van der Waals surface area contributed by atoms with Gasteiger partial charge in [-0.25, -0.2) is 0 Å². The molecule has 0 saturated carbocycles. The van der Waals surface area contributed by atoms with Crippen LogP contribution < -0.4 is 5.43 Å². The molecular formula is C14H15N3. The van der Waals surface area contributed by atoms with Crippen molar-refractivity contribution < 1.29 is 0 Å². The average Bonchev–Trinajstić information content (AvgIpc) is 2.35. The molecule has 2 N–H and O–H groups in total. The van der Waals surface area contributed by atoms with Crippen molar-refractivity contribution in [2.75, 3.05) is 5.43 Å². The molecule has 0 atom stereocenters. The topological polar surface area (TPSA) is 48.2 Å². The quantitative estimate of drug-likeness (QED) is 0.588. The molecule has 0 unspecified atom stereocenters. The number of nitrogens with one attached hydrogen (secondary N) is 2. The van der Waals surface area contributed by atoms with E-state index in [1.807, 2.05) is 56.3 Å². The smallest absolute Gasteiger partial charge is 0.111 e. The van der Waals surface area contributed by atoms with E-state index in [1.165, 1.54) is 0 Å². The summed E-state index contributed by atoms with van der Waals surface area (Å²) in [7, 11) is 0. The molecule has 86 valence electrons. The summed E-state index contributed by atoms with van der Waals surface area (Å²) in [4.78, 5) is 0. The number of rotatable bonds is 2. The van der Waals surface area contributed by atoms with Gasteiger partial charge in [-0.1, -0.05) is 30.4 Å². The molecule has 1 aliphatic carbocycles. The summed E-state index contributed by atoms with van der Waals surface area (Å²) < 4.78 is 0. The van der Waals surface area contributed by atoms with Crippen LogP contribution in [0.2, 0.25) is 0 Å². The summed E-state index contributed by atoms with van der Waals surface area (Å²) in [5, 5.41) is 12.3. The highest BCUT2D eigenvalue weighted by molar-refractivity contribution is 6.53. The predicted molar refractivity (Wildman–Crippen MR) is 72.7 cm³/mol. The van der Waals surface area contributed by atoms with Crippen molar-refractivity contribution in [1.29, 1.82) is 5.41 Å². The van der Waals surface area contributed by atoms with E-state index < -0.39 is 0 Å². The van der Waals surface area contributed by atoms with Gasteiger partial charge in [0.2, 0.25) is 0 Å². The van der Waals surface area contributed by atoms with Gasteiger partial charge < -0.3 is 0 Å². The number of benzene rings is 1. The van der Waals surface area contributed by atoms with Crippen LogP contribution in [0, 0.1) is 5.41 Å². The van der Waals surface area contributed by atoms with Gasteiger partial charge in [0, 0.05) is 0 Å². The lowest BCUT2D eigenvalue weighted by molar-refractivity contribution is 1.31. The van der Waals surface area contributed by atoms with Crippen molar-refractivity contribution in [3.63, 3.8) is 0 Å². The molecule has 2 rings (SSSR count). The van der Waals surface area contributed by atoms with Crippen LogP contribution in [0.4, 0.5) is 5.69 Å². The molecule has 1 aromatic carbocycles. The van der Waals surface area contributed by atoms with Crippen LogP contribution in [0.15, 0.2) is 58.7 Å². The first-order valence-corrected chi connectivity index (χ1v) is 5.52. The largest absolute Gasteiger partial charge is 0.298 e. The number of nitrogens with zero attached hydrogens (tertiary/aromatic N) is 1. The van der Waals surface area contributed by atoms with Crippen LogP contribution in [0.5, 0.6) is 0 Å². The van der Waals surface area contributed by atoms with Gasteiger partial charge >= 0.3 is 0 Å². The van der Waals surface area contributed by atoms with E-state index in [2.05, 4.69) is 10.5 Å². The number of anilines is 1. The minimum atomic E-state index is 0.480. The molecule has 3 nitrogen and oxygen atoms in total. The average molecular weight is 225 g/mol. The lowest BCUT2D eigenvalue weighted by atomic mass is 9.96. The van der Waals surface area contributed by atoms with Crippen LogP contribution in [0.1, 0.15) is 13.8 Å². The molecule has 0 heterocycles. The second-order valence-corrected chi connectivity index (χ2v) is 4.01. The summed E-state index contributed by atoms with van der Waals surface area (Å²) >= 11 is 0. The fourth-order valence-electron chi connectivity index (χ4n) is 1.57. The summed E-state index contributed by atoms with van der Waals surface area (Å²) in [5.41, 5.74) is 7.02. The Morgan fingerprint density at radius 1 is 1.00 bits per heavy atom. The fourth-order valence-corrected chi connectivity index (χ4v) is 1.57. The molecule has 0 aliphatic heterocycles. The van der Waals surface area contributed by atoms with Gasteiger partial charge in [-0.2, -0.15) is 5.10 Å². The Morgan fingerprint density at radius 2 is 1.65 bits per heavy atom. The molecule has 0 saturated heterocycles. The molecule has 0 aromatic heterocycles. The van der Waals surface area contributed by atoms with Crippen LogP contribution in [0.25, 0.3) is 0 Å². The monoisotopic (exact) mass is 225 g/mol. The summed E-state index contributed by atoms with van der Waals surface area (Å²) in [6.07, 6.45) is 3.93. The highest BCUT2D eigenvalue weighted by Crippen LogP contribution is 2.13. The zero-order chi connectivity index (χ0) is 12.3. The Morgan fingerprint density at radius 3 is 2.35 bits per heavy atom. The zero-order valence-corrected chi connectivity index (χ0v) is 9.99. The van der Waals surface area contributed by atoms with Crippen molar-refractivity contribution in [3.8, 4) is 0 Å². The van der Waals surface area contributed by atoms with Crippen molar-refractivity contribution in [3.05, 3.63) is 53.6 Å². The highest BCUT2D eigenvalue weighted by Gasteiger charge is 2.14. The molecule has 1 aliphatic rings. The van der Waals surface area contributed by atoms with Crippen LogP contribution in [0.3, 0.4) is 0 Å². The van der Waals surface area contributed by atoms with E-state index in [9.17, 15) is 0 Å². The van der Waals surface area contributed by atoms with E-state index in [-0.39, 0.29) is 0 Å². The van der Waals surface area contributed by atoms with Crippen molar-refractivity contribution in [2.24, 2.45) is 5.10 Å². The Bertz CT molecular complexity index is 518. The van der Waals surface area contributed by atoms with Crippen LogP contribution in [-0.2, 0) is 0 Å². The maximum absolute atomic E-state index is 7.97. The summed E-state index contributed by atoms with van der Waals surface area (Å²) in [6.45, 7) is 3.88. The molecule has 0 fully saturated rings. The van der Waals surface area contributed by atoms with Gasteiger partial charge in [-0.15, -0.1) is 0 Å². The van der Waals surface area contributed by atoms with Crippen LogP contribution in [-0.4, -0.2) is 11.4 Å². The maximum Gasteiger partial charge on any atom is 0.111 e. The Hall–Kier alpha value is -2.16. The van der Waals surface area contributed by atoms with E-state index in [0.717, 1.165) is 16.8 Å². The number of para-hydroxylation sites is 1. The third kappa shape index (κ3) is 2.50. The standard InChI is InChI=1S/C14H15N3/c1-10-8-9-11(2)14(13(10)15)17-16-12-6-4-3-5-7-12/h3-9,15-16H,1-2H3/b15-13?,17-14-. The molecule has 1 aromatic rings. The summed E-state index contributed by atoms with van der Waals surface area (Å²) in [6, 6.07) is 9.74. The van der Waals surface area contributed by atoms with Gasteiger partial charge in [0.15, 0.2) is 0 Å². The van der Waals surface area contributed by atoms with Gasteiger partial charge in [-0.05, 0) is 37.1 Å². The van der Waals surface area contributed by atoms with E-state index in [1.54, 1.807) is 0 Å². The normalized spacial score (nSPS) is 17.8. The SMILES string of the molecule is CC1=CC=C(C)/C(=N/Nc2ccccc2)C1=N. The third-order valence-electron chi connectivity index (χ3n) is 2.66. The lowest BCUT2D eigenvalue weighted by Crippen LogP contribution is -2.20. The number of hydrazone groups is 1. The van der Waals surface area contributed by atoms with Crippen molar-refractivity contribution >= 4 is 17.1 Å². The Kier molecular flexibility index (Phi) is 3.19. The number of hydrogen-bond donors (Lipinski definition) is 2. The number of allylic oxidation sites excluding steroid dienone is 4. The first kappa shape index (κ1) is 11.3. The van der Waals surface area contributed by atoms with E-state index in [0.29, 0.717) is 11.4 Å². The molecule has 0 spiro atoms. The van der Waals surface area contributed by atoms with Crippen molar-refractivity contribution in [1.82, 2.24) is 0 Å². The predicted octanol–water partition coefficient (Wildman–Crippen LogP) is 3.38. The molecule has 0 radical (unpaired) electrons. The third-order valence-corrected chi connectivity index (χ3v) is 2.66. The van der Waals surface area contributed by atoms with Gasteiger partial charge in [-0.3, -0.25) is 10.8 Å². The van der Waals surface area contributed by atoms with Gasteiger partial charge in [0.1, 0.15) is 5.71 Å². The molecule has 17 heavy (non-hydrogen) atoms. The minimum Gasteiger partial charge on any atom is -0.298 e. The number of hydrogen-bond acceptors (Lipinski definition) is 3. The van der Waals surface area contributed by atoms with E-state index >= 15 is 0 Å². The van der Waals surface area contributed by atoms with Gasteiger partial charge in [0.25, 0.3) is 0 Å². The first-order valence-electron chi connectivity index (χ1n) is 5.52. The Labute approximate surface area is 101 Å². The fraction of sp³-hybridized carbons (Fsp3) is 0.143. The molecule has 0 bridgehead atoms. The van der Waals surface area contributed by atoms with Crippen LogP contribution >= 0.6 is 0 Å². The highest BCUT2D eigenvalue weighted by atomic mass is 15.3. The Balaban J connectivity index is 2.21. The second kappa shape index (κ2) is 4.78. The van der Waals surface area contributed by atoms with E-state index in [4.69, 9.17) is 5.41 Å². The zero-order valence-electron chi connectivity index (χ0n) is 9.99.